The normalized spacial score (nSPS) is 12.3. The highest BCUT2D eigenvalue weighted by atomic mass is 32.2. The van der Waals surface area contributed by atoms with Crippen LogP contribution in [0.1, 0.15) is 19.5 Å². The summed E-state index contributed by atoms with van der Waals surface area (Å²) >= 11 is 0. The van der Waals surface area contributed by atoms with Crippen LogP contribution >= 0.6 is 0 Å². The van der Waals surface area contributed by atoms with Gasteiger partial charge in [0.2, 0.25) is 10.0 Å². The molecule has 0 aliphatic rings. The van der Waals surface area contributed by atoms with Gasteiger partial charge in [-0.25, -0.2) is 13.1 Å². The molecule has 1 aromatic heterocycles. The molecule has 0 amide bonds. The summed E-state index contributed by atoms with van der Waals surface area (Å²) in [5.74, 6) is 0. The average Bonchev–Trinajstić information content (AvgIpc) is 2.49. The second-order valence-corrected chi connectivity index (χ2v) is 5.01. The van der Waals surface area contributed by atoms with Crippen LogP contribution in [0.2, 0.25) is 0 Å². The molecule has 0 aromatic carbocycles. The van der Waals surface area contributed by atoms with E-state index in [1.165, 1.54) is 12.3 Å². The fourth-order valence-corrected chi connectivity index (χ4v) is 2.31. The molecule has 14 heavy (non-hydrogen) atoms. The quantitative estimate of drug-likeness (QED) is 0.675. The third-order valence-electron chi connectivity index (χ3n) is 1.59. The van der Waals surface area contributed by atoms with Gasteiger partial charge in [-0.3, -0.25) is 0 Å². The Balaban J connectivity index is 2.93. The molecule has 0 spiro atoms. The van der Waals surface area contributed by atoms with Crippen molar-refractivity contribution in [2.24, 2.45) is 0 Å². The lowest BCUT2D eigenvalue weighted by molar-refractivity contribution is 0.277. The van der Waals surface area contributed by atoms with Crippen molar-refractivity contribution in [1.82, 2.24) is 9.71 Å². The van der Waals surface area contributed by atoms with E-state index in [1.54, 1.807) is 13.8 Å². The summed E-state index contributed by atoms with van der Waals surface area (Å²) in [6.07, 6.45) is 1.36. The highest BCUT2D eigenvalue weighted by Gasteiger charge is 2.16. The molecule has 0 fully saturated rings. The molecule has 0 bridgehead atoms. The summed E-state index contributed by atoms with van der Waals surface area (Å²) in [6.45, 7) is 3.30. The Morgan fingerprint density at radius 1 is 1.57 bits per heavy atom. The fourth-order valence-electron chi connectivity index (χ4n) is 1.04. The van der Waals surface area contributed by atoms with Crippen LogP contribution in [0.4, 0.5) is 0 Å². The minimum atomic E-state index is -3.44. The van der Waals surface area contributed by atoms with Crippen LogP contribution in [0, 0.1) is 0 Å². The number of aliphatic hydroxyl groups excluding tert-OH is 1. The molecule has 1 aromatic rings. The lowest BCUT2D eigenvalue weighted by Gasteiger charge is -2.06. The first-order chi connectivity index (χ1) is 6.45. The first kappa shape index (κ1) is 11.2. The van der Waals surface area contributed by atoms with E-state index in [0.29, 0.717) is 5.69 Å². The molecule has 0 aliphatic heterocycles. The predicted octanol–water partition coefficient (Wildman–Crippen LogP) is 0.194. The van der Waals surface area contributed by atoms with Gasteiger partial charge in [-0.05, 0) is 19.9 Å². The molecule has 0 unspecified atom stereocenters. The van der Waals surface area contributed by atoms with Crippen LogP contribution in [0.3, 0.4) is 0 Å². The van der Waals surface area contributed by atoms with E-state index in [9.17, 15) is 8.42 Å². The Kier molecular flexibility index (Phi) is 3.30. The van der Waals surface area contributed by atoms with E-state index in [0.717, 1.165) is 0 Å². The van der Waals surface area contributed by atoms with E-state index in [2.05, 4.69) is 9.71 Å². The van der Waals surface area contributed by atoms with Crippen molar-refractivity contribution in [2.75, 3.05) is 0 Å². The van der Waals surface area contributed by atoms with Crippen molar-refractivity contribution >= 4 is 10.0 Å². The van der Waals surface area contributed by atoms with Gasteiger partial charge in [-0.2, -0.15) is 0 Å². The highest BCUT2D eigenvalue weighted by molar-refractivity contribution is 7.89. The van der Waals surface area contributed by atoms with Crippen molar-refractivity contribution < 1.29 is 13.5 Å². The van der Waals surface area contributed by atoms with Crippen molar-refractivity contribution in [2.45, 2.75) is 31.4 Å². The molecule has 0 saturated heterocycles. The minimum Gasteiger partial charge on any atom is -0.390 e. The maximum absolute atomic E-state index is 11.6. The number of rotatable bonds is 4. The van der Waals surface area contributed by atoms with Crippen molar-refractivity contribution in [3.63, 3.8) is 0 Å². The summed E-state index contributed by atoms with van der Waals surface area (Å²) in [4.78, 5) is 2.81. The summed E-state index contributed by atoms with van der Waals surface area (Å²) in [7, 11) is -3.44. The Morgan fingerprint density at radius 3 is 2.64 bits per heavy atom. The number of hydrogen-bond donors (Lipinski definition) is 3. The largest absolute Gasteiger partial charge is 0.390 e. The third kappa shape index (κ3) is 2.57. The number of H-pyrrole nitrogens is 1. The summed E-state index contributed by atoms with van der Waals surface area (Å²) in [6, 6.07) is 1.26. The van der Waals surface area contributed by atoms with Gasteiger partial charge in [0.15, 0.2) is 0 Å². The van der Waals surface area contributed by atoms with Crippen LogP contribution in [0.15, 0.2) is 17.2 Å². The number of nitrogens with one attached hydrogen (secondary N) is 2. The molecule has 1 rings (SSSR count). The first-order valence-corrected chi connectivity index (χ1v) is 5.74. The Bertz CT molecular complexity index is 394. The number of aromatic nitrogens is 1. The molecule has 0 atom stereocenters. The van der Waals surface area contributed by atoms with Crippen molar-refractivity contribution in [3.05, 3.63) is 18.0 Å². The Labute approximate surface area is 83.2 Å². The average molecular weight is 218 g/mol. The van der Waals surface area contributed by atoms with E-state index in [-0.39, 0.29) is 17.5 Å². The standard InChI is InChI=1S/C8H14N2O3S/c1-6(2)10-14(12,13)8-3-7(5-11)9-4-8/h3-4,6,9-11H,5H2,1-2H3. The zero-order valence-corrected chi connectivity index (χ0v) is 8.93. The zero-order valence-electron chi connectivity index (χ0n) is 8.11. The van der Waals surface area contributed by atoms with E-state index >= 15 is 0 Å². The molecule has 0 saturated carbocycles. The fraction of sp³-hybridized carbons (Fsp3) is 0.500. The first-order valence-electron chi connectivity index (χ1n) is 4.26. The van der Waals surface area contributed by atoms with Crippen LogP contribution in [-0.4, -0.2) is 24.6 Å². The second-order valence-electron chi connectivity index (χ2n) is 3.29. The molecule has 3 N–H and O–H groups in total. The monoisotopic (exact) mass is 218 g/mol. The maximum Gasteiger partial charge on any atom is 0.242 e. The number of aromatic amines is 1. The van der Waals surface area contributed by atoms with Gasteiger partial charge in [-0.1, -0.05) is 0 Å². The van der Waals surface area contributed by atoms with Crippen molar-refractivity contribution in [3.8, 4) is 0 Å². The topological polar surface area (TPSA) is 82.2 Å². The van der Waals surface area contributed by atoms with E-state index < -0.39 is 10.0 Å². The van der Waals surface area contributed by atoms with Gasteiger partial charge in [0, 0.05) is 17.9 Å². The van der Waals surface area contributed by atoms with Gasteiger partial charge < -0.3 is 10.1 Å². The van der Waals surface area contributed by atoms with Crippen molar-refractivity contribution in [1.29, 1.82) is 0 Å². The molecule has 0 radical (unpaired) electrons. The minimum absolute atomic E-state index is 0.146. The van der Waals surface area contributed by atoms with Gasteiger partial charge >= 0.3 is 0 Å². The van der Waals surface area contributed by atoms with E-state index in [1.807, 2.05) is 0 Å². The number of aliphatic hydroxyl groups is 1. The van der Waals surface area contributed by atoms with Crippen LogP contribution in [-0.2, 0) is 16.6 Å². The molecule has 1 heterocycles. The third-order valence-corrected chi connectivity index (χ3v) is 3.23. The van der Waals surface area contributed by atoms with Gasteiger partial charge in [0.25, 0.3) is 0 Å². The second kappa shape index (κ2) is 4.12. The highest BCUT2D eigenvalue weighted by Crippen LogP contribution is 2.10. The molecular weight excluding hydrogens is 204 g/mol. The van der Waals surface area contributed by atoms with Crippen LogP contribution in [0.25, 0.3) is 0 Å². The molecule has 6 heteroatoms. The van der Waals surface area contributed by atoms with E-state index in [4.69, 9.17) is 5.11 Å². The molecule has 80 valence electrons. The number of sulfonamides is 1. The van der Waals surface area contributed by atoms with Crippen LogP contribution in [0.5, 0.6) is 0 Å². The summed E-state index contributed by atoms with van der Waals surface area (Å²) < 4.78 is 25.6. The lowest BCUT2D eigenvalue weighted by Crippen LogP contribution is -2.29. The van der Waals surface area contributed by atoms with Gasteiger partial charge in [-0.15, -0.1) is 0 Å². The summed E-state index contributed by atoms with van der Waals surface area (Å²) in [5.41, 5.74) is 0.481. The summed E-state index contributed by atoms with van der Waals surface area (Å²) in [5, 5.41) is 8.75. The molecule has 5 nitrogen and oxygen atoms in total. The smallest absolute Gasteiger partial charge is 0.242 e. The Morgan fingerprint density at radius 2 is 2.21 bits per heavy atom. The van der Waals surface area contributed by atoms with Gasteiger partial charge in [0.05, 0.1) is 11.5 Å². The molecular formula is C8H14N2O3S. The Hall–Kier alpha value is -0.850. The zero-order chi connectivity index (χ0) is 10.8. The van der Waals surface area contributed by atoms with Crippen LogP contribution < -0.4 is 4.72 Å². The lowest BCUT2D eigenvalue weighted by atomic mass is 10.4. The number of hydrogen-bond acceptors (Lipinski definition) is 3. The maximum atomic E-state index is 11.6. The van der Waals surface area contributed by atoms with Gasteiger partial charge in [0.1, 0.15) is 0 Å². The predicted molar refractivity (Wildman–Crippen MR) is 52.2 cm³/mol. The molecule has 0 aliphatic carbocycles. The SMILES string of the molecule is CC(C)NS(=O)(=O)c1c[nH]c(CO)c1.